The molecule has 9 nitrogen and oxygen atoms in total. The Morgan fingerprint density at radius 2 is 1.81 bits per heavy atom. The third kappa shape index (κ3) is 5.11. The van der Waals surface area contributed by atoms with Crippen molar-refractivity contribution in [2.75, 3.05) is 20.2 Å². The summed E-state index contributed by atoms with van der Waals surface area (Å²) in [6.07, 6.45) is 0.596. The lowest BCUT2D eigenvalue weighted by Gasteiger charge is -2.38. The van der Waals surface area contributed by atoms with E-state index in [9.17, 15) is 19.2 Å². The third-order valence-corrected chi connectivity index (χ3v) is 4.78. The largest absolute Gasteiger partial charge is 0.467 e. The van der Waals surface area contributed by atoms with E-state index in [0.29, 0.717) is 25.9 Å². The summed E-state index contributed by atoms with van der Waals surface area (Å²) in [6.45, 7) is 7.37. The van der Waals surface area contributed by atoms with Gasteiger partial charge in [-0.15, -0.1) is 0 Å². The third-order valence-electron chi connectivity index (χ3n) is 4.78. The number of alkyl carbamates (subject to hydrolysis) is 1. The normalized spacial score (nSPS) is 26.0. The number of carbonyl (C=O) groups excluding carboxylic acids is 4. The molecule has 2 aliphatic rings. The Hall–Kier alpha value is -2.32. The van der Waals surface area contributed by atoms with Crippen LogP contribution in [0.3, 0.4) is 0 Å². The number of ether oxygens (including phenoxy) is 2. The molecule has 0 radical (unpaired) electrons. The number of nitrogens with zero attached hydrogens (tertiary/aromatic N) is 2. The predicted molar refractivity (Wildman–Crippen MR) is 95.7 cm³/mol. The Morgan fingerprint density at radius 1 is 1.15 bits per heavy atom. The summed E-state index contributed by atoms with van der Waals surface area (Å²) in [6, 6.07) is -1.87. The highest BCUT2D eigenvalue weighted by Crippen LogP contribution is 2.29. The molecule has 1 N–H and O–H groups in total. The van der Waals surface area contributed by atoms with Crippen LogP contribution in [0.4, 0.5) is 4.79 Å². The fourth-order valence-corrected chi connectivity index (χ4v) is 3.57. The number of methoxy groups -OCH3 is 1. The fourth-order valence-electron chi connectivity index (χ4n) is 3.57. The molecule has 2 saturated heterocycles. The van der Waals surface area contributed by atoms with Crippen LogP contribution in [0.2, 0.25) is 0 Å². The quantitative estimate of drug-likeness (QED) is 0.703. The van der Waals surface area contributed by atoms with Gasteiger partial charge in [0.05, 0.1) is 13.2 Å². The van der Waals surface area contributed by atoms with Crippen LogP contribution in [-0.2, 0) is 23.9 Å². The first-order chi connectivity index (χ1) is 12.5. The van der Waals surface area contributed by atoms with Gasteiger partial charge in [-0.05, 0) is 40.0 Å². The fraction of sp³-hybridized carbons (Fsp3) is 0.778. The highest BCUT2D eigenvalue weighted by atomic mass is 16.6. The van der Waals surface area contributed by atoms with E-state index in [4.69, 9.17) is 9.47 Å². The molecule has 0 spiro atoms. The van der Waals surface area contributed by atoms with Crippen LogP contribution in [0.25, 0.3) is 0 Å². The predicted octanol–water partition coefficient (Wildman–Crippen LogP) is 0.665. The molecule has 2 aliphatic heterocycles. The van der Waals surface area contributed by atoms with E-state index in [1.165, 1.54) is 18.9 Å². The van der Waals surface area contributed by atoms with Gasteiger partial charge in [0.25, 0.3) is 0 Å². The first-order valence-corrected chi connectivity index (χ1v) is 9.18. The van der Waals surface area contributed by atoms with Gasteiger partial charge in [0.2, 0.25) is 11.8 Å². The van der Waals surface area contributed by atoms with Crippen molar-refractivity contribution < 1.29 is 28.7 Å². The molecule has 0 aromatic rings. The smallest absolute Gasteiger partial charge is 0.408 e. The van der Waals surface area contributed by atoms with E-state index in [1.807, 2.05) is 0 Å². The summed E-state index contributed by atoms with van der Waals surface area (Å²) < 4.78 is 10.1. The van der Waals surface area contributed by atoms with Crippen molar-refractivity contribution in [3.63, 3.8) is 0 Å². The van der Waals surface area contributed by atoms with Crippen molar-refractivity contribution >= 4 is 23.9 Å². The second-order valence-electron chi connectivity index (χ2n) is 7.97. The van der Waals surface area contributed by atoms with Crippen molar-refractivity contribution in [3.05, 3.63) is 0 Å². The highest BCUT2D eigenvalue weighted by Gasteiger charge is 2.46. The molecule has 152 valence electrons. The molecule has 2 fully saturated rings. The lowest BCUT2D eigenvalue weighted by Crippen LogP contribution is -2.59. The average molecular weight is 383 g/mol. The summed E-state index contributed by atoms with van der Waals surface area (Å²) in [5.74, 6) is -0.944. The zero-order chi connectivity index (χ0) is 20.4. The highest BCUT2D eigenvalue weighted by molar-refractivity contribution is 5.91. The molecule has 2 rings (SSSR count). The van der Waals surface area contributed by atoms with Crippen molar-refractivity contribution in [1.82, 2.24) is 15.1 Å². The van der Waals surface area contributed by atoms with Gasteiger partial charge in [-0.3, -0.25) is 9.59 Å². The topological polar surface area (TPSA) is 105 Å². The second kappa shape index (κ2) is 8.14. The van der Waals surface area contributed by atoms with Crippen LogP contribution in [-0.4, -0.2) is 77.6 Å². The Bertz CT molecular complexity index is 615. The standard InChI is InChI=1S/C18H29N3O6/c1-11(22)20-9-8-13(19-17(25)27-18(2,3)4)15(23)21-12(10-20)6-7-14(21)16(24)26-5/h12-14H,6-10H2,1-5H3,(H,19,25)/t12-,13+,14+/m1/s1. The first kappa shape index (κ1) is 21.0. The Labute approximate surface area is 159 Å². The van der Waals surface area contributed by atoms with E-state index in [1.54, 1.807) is 25.7 Å². The molecule has 0 aromatic heterocycles. The Morgan fingerprint density at radius 3 is 2.37 bits per heavy atom. The van der Waals surface area contributed by atoms with Crippen molar-refractivity contribution in [2.24, 2.45) is 0 Å². The van der Waals surface area contributed by atoms with Crippen LogP contribution in [0.1, 0.15) is 47.0 Å². The number of hydrogen-bond donors (Lipinski definition) is 1. The van der Waals surface area contributed by atoms with Gasteiger partial charge in [-0.1, -0.05) is 0 Å². The molecule has 27 heavy (non-hydrogen) atoms. The molecular formula is C18H29N3O6. The molecule has 3 amide bonds. The Balaban J connectivity index is 2.25. The van der Waals surface area contributed by atoms with E-state index in [-0.39, 0.29) is 24.3 Å². The average Bonchev–Trinajstić information content (AvgIpc) is 2.95. The molecule has 0 bridgehead atoms. The summed E-state index contributed by atoms with van der Waals surface area (Å²) in [5, 5.41) is 2.60. The summed E-state index contributed by atoms with van der Waals surface area (Å²) in [4.78, 5) is 52.5. The number of esters is 1. The van der Waals surface area contributed by atoms with Gasteiger partial charge in [0.15, 0.2) is 0 Å². The van der Waals surface area contributed by atoms with E-state index >= 15 is 0 Å². The molecule has 0 aromatic carbocycles. The van der Waals surface area contributed by atoms with E-state index in [2.05, 4.69) is 5.32 Å². The van der Waals surface area contributed by atoms with Crippen molar-refractivity contribution in [1.29, 1.82) is 0 Å². The second-order valence-corrected chi connectivity index (χ2v) is 7.97. The number of hydrogen-bond acceptors (Lipinski definition) is 6. The molecule has 9 heteroatoms. The van der Waals surface area contributed by atoms with Gasteiger partial charge in [0.1, 0.15) is 17.7 Å². The maximum atomic E-state index is 13.1. The van der Waals surface area contributed by atoms with E-state index in [0.717, 1.165) is 0 Å². The van der Waals surface area contributed by atoms with Crippen LogP contribution >= 0.6 is 0 Å². The lowest BCUT2D eigenvalue weighted by atomic mass is 10.1. The molecule has 3 atom stereocenters. The first-order valence-electron chi connectivity index (χ1n) is 9.18. The zero-order valence-corrected chi connectivity index (χ0v) is 16.6. The zero-order valence-electron chi connectivity index (χ0n) is 16.6. The van der Waals surface area contributed by atoms with E-state index < -0.39 is 29.7 Å². The Kier molecular flexibility index (Phi) is 6.33. The van der Waals surface area contributed by atoms with Gasteiger partial charge >= 0.3 is 12.1 Å². The summed E-state index contributed by atoms with van der Waals surface area (Å²) >= 11 is 0. The van der Waals surface area contributed by atoms with Crippen LogP contribution < -0.4 is 5.32 Å². The minimum absolute atomic E-state index is 0.109. The van der Waals surface area contributed by atoms with Crippen molar-refractivity contribution in [2.45, 2.75) is 70.7 Å². The number of amides is 3. The molecule has 0 saturated carbocycles. The van der Waals surface area contributed by atoms with Crippen molar-refractivity contribution in [3.8, 4) is 0 Å². The summed E-state index contributed by atoms with van der Waals surface area (Å²) in [5.41, 5.74) is -0.703. The van der Waals surface area contributed by atoms with Crippen LogP contribution in [0.5, 0.6) is 0 Å². The number of fused-ring (bicyclic) bond motifs is 1. The van der Waals surface area contributed by atoms with Gasteiger partial charge in [0, 0.05) is 20.0 Å². The molecular weight excluding hydrogens is 354 g/mol. The minimum atomic E-state index is -0.880. The molecule has 2 heterocycles. The maximum Gasteiger partial charge on any atom is 0.408 e. The number of rotatable bonds is 2. The van der Waals surface area contributed by atoms with Gasteiger partial charge < -0.3 is 24.6 Å². The van der Waals surface area contributed by atoms with Gasteiger partial charge in [-0.2, -0.15) is 0 Å². The maximum absolute atomic E-state index is 13.1. The SMILES string of the molecule is COC(=O)[C@@H]1CC[C@@H]2CN(C(C)=O)CC[C@H](NC(=O)OC(C)(C)C)C(=O)N21. The summed E-state index contributed by atoms with van der Waals surface area (Å²) in [7, 11) is 1.28. The number of nitrogens with one attached hydrogen (secondary N) is 1. The van der Waals surface area contributed by atoms with Crippen LogP contribution in [0.15, 0.2) is 0 Å². The molecule has 0 unspecified atom stereocenters. The lowest BCUT2D eigenvalue weighted by molar-refractivity contribution is -0.154. The molecule has 0 aliphatic carbocycles. The monoisotopic (exact) mass is 383 g/mol. The minimum Gasteiger partial charge on any atom is -0.467 e. The van der Waals surface area contributed by atoms with Crippen LogP contribution in [0, 0.1) is 0 Å². The number of carbonyl (C=O) groups is 4. The van der Waals surface area contributed by atoms with Gasteiger partial charge in [-0.25, -0.2) is 9.59 Å².